The molecule has 0 amide bonds. The molecule has 0 fully saturated rings. The highest BCUT2D eigenvalue weighted by atomic mass is 32.1. The summed E-state index contributed by atoms with van der Waals surface area (Å²) in [5, 5.41) is 13.1. The lowest BCUT2D eigenvalue weighted by molar-refractivity contribution is 0.901. The summed E-state index contributed by atoms with van der Waals surface area (Å²) < 4.78 is 0. The lowest BCUT2D eigenvalue weighted by Crippen LogP contribution is -1.95. The molecule has 0 aliphatic heterocycles. The summed E-state index contributed by atoms with van der Waals surface area (Å²) in [5.74, 6) is 0. The van der Waals surface area contributed by atoms with Crippen molar-refractivity contribution in [3.05, 3.63) is 69.0 Å². The van der Waals surface area contributed by atoms with Crippen LogP contribution in [0.4, 0.5) is 0 Å². The number of aromatic nitrogens is 2. The van der Waals surface area contributed by atoms with Crippen LogP contribution in [-0.4, -0.2) is 10.2 Å². The molecule has 23 heavy (non-hydrogen) atoms. The monoisotopic (exact) mass is 322 g/mol. The van der Waals surface area contributed by atoms with Gasteiger partial charge in [0, 0.05) is 5.56 Å². The van der Waals surface area contributed by atoms with E-state index in [1.807, 2.05) is 6.92 Å². The lowest BCUT2D eigenvalue weighted by atomic mass is 9.96. The molecule has 0 saturated carbocycles. The number of nitrogens with zero attached hydrogens (tertiary/aromatic N) is 2. The van der Waals surface area contributed by atoms with E-state index in [0.29, 0.717) is 0 Å². The van der Waals surface area contributed by atoms with Gasteiger partial charge in [-0.3, -0.25) is 0 Å². The molecule has 2 nitrogen and oxygen atoms in total. The van der Waals surface area contributed by atoms with E-state index in [0.717, 1.165) is 22.0 Å². The quantitative estimate of drug-likeness (QED) is 0.508. The Morgan fingerprint density at radius 1 is 0.957 bits per heavy atom. The van der Waals surface area contributed by atoms with Gasteiger partial charge in [0.05, 0.1) is 0 Å². The predicted octanol–water partition coefficient (Wildman–Crippen LogP) is 5.32. The summed E-state index contributed by atoms with van der Waals surface area (Å²) in [5.41, 5.74) is 4.08. The molecule has 1 aromatic heterocycles. The summed E-state index contributed by atoms with van der Waals surface area (Å²) in [6.07, 6.45) is 3.62. The summed E-state index contributed by atoms with van der Waals surface area (Å²) in [6.45, 7) is 6.35. The first-order valence-electron chi connectivity index (χ1n) is 8.24. The van der Waals surface area contributed by atoms with Crippen LogP contribution < -0.4 is 0 Å². The highest BCUT2D eigenvalue weighted by Gasteiger charge is 2.03. The Labute approximate surface area is 141 Å². The first-order valence-corrected chi connectivity index (χ1v) is 9.05. The van der Waals surface area contributed by atoms with Gasteiger partial charge >= 0.3 is 0 Å². The third-order valence-electron chi connectivity index (χ3n) is 4.07. The first-order chi connectivity index (χ1) is 11.2. The van der Waals surface area contributed by atoms with E-state index in [-0.39, 0.29) is 0 Å². The Morgan fingerprint density at radius 2 is 1.74 bits per heavy atom. The van der Waals surface area contributed by atoms with E-state index >= 15 is 0 Å². The van der Waals surface area contributed by atoms with E-state index in [9.17, 15) is 0 Å². The number of aryl methyl sites for hydroxylation is 3. The summed E-state index contributed by atoms with van der Waals surface area (Å²) in [6, 6.07) is 15.2. The van der Waals surface area contributed by atoms with Crippen molar-refractivity contribution in [3.8, 4) is 10.6 Å². The Bertz CT molecular complexity index is 879. The van der Waals surface area contributed by atoms with Crippen LogP contribution in [0.3, 0.4) is 0 Å². The maximum Gasteiger partial charge on any atom is 0.147 e. The second kappa shape index (κ2) is 7.05. The van der Waals surface area contributed by atoms with Gasteiger partial charge in [0.15, 0.2) is 0 Å². The predicted molar refractivity (Wildman–Crippen MR) is 97.6 cm³/mol. The SMILES string of the molecule is CCCc1cc2ccc1=2.CCc1ccc(-c2nnc(C)s2)cc1. The molecule has 0 atom stereocenters. The van der Waals surface area contributed by atoms with Crippen LogP contribution in [0.15, 0.2) is 42.5 Å². The molecule has 3 heteroatoms. The van der Waals surface area contributed by atoms with Gasteiger partial charge < -0.3 is 0 Å². The van der Waals surface area contributed by atoms with Crippen LogP contribution in [0.25, 0.3) is 10.6 Å². The standard InChI is InChI=1S/C11H12N2S.C9H10/c1-3-9-4-6-10(7-5-9)11-13-12-8(2)14-11;1-2-3-7-6-8-4-5-9(7)8/h4-7H,3H2,1-2H3;4-6H,2-3H2,1H3. The molecule has 2 aromatic rings. The van der Waals surface area contributed by atoms with Crippen LogP contribution in [-0.2, 0) is 12.8 Å². The average Bonchev–Trinajstić information content (AvgIpc) is 2.99. The smallest absolute Gasteiger partial charge is 0.143 e. The van der Waals surface area contributed by atoms with Crippen molar-refractivity contribution in [2.24, 2.45) is 0 Å². The van der Waals surface area contributed by atoms with Crippen LogP contribution >= 0.6 is 11.3 Å². The van der Waals surface area contributed by atoms with E-state index in [4.69, 9.17) is 0 Å². The van der Waals surface area contributed by atoms with E-state index in [1.54, 1.807) is 16.9 Å². The average molecular weight is 322 g/mol. The van der Waals surface area contributed by atoms with Gasteiger partial charge in [-0.05, 0) is 41.3 Å². The molecule has 0 N–H and O–H groups in total. The molecule has 0 spiro atoms. The molecule has 0 radical (unpaired) electrons. The molecule has 1 heterocycles. The molecule has 0 bridgehead atoms. The Hall–Kier alpha value is -2.00. The molecule has 1 aromatic carbocycles. The van der Waals surface area contributed by atoms with Crippen molar-refractivity contribution >= 4 is 11.3 Å². The van der Waals surface area contributed by atoms with Crippen molar-refractivity contribution in [2.45, 2.75) is 40.0 Å². The first kappa shape index (κ1) is 15.9. The zero-order valence-electron chi connectivity index (χ0n) is 14.0. The van der Waals surface area contributed by atoms with Gasteiger partial charge in [-0.2, -0.15) is 0 Å². The van der Waals surface area contributed by atoms with Gasteiger partial charge in [-0.15, -0.1) is 10.2 Å². The lowest BCUT2D eigenvalue weighted by Gasteiger charge is -2.09. The minimum absolute atomic E-state index is 1.00. The Balaban J connectivity index is 0.000000149. The highest BCUT2D eigenvalue weighted by molar-refractivity contribution is 7.14. The summed E-state index contributed by atoms with van der Waals surface area (Å²) >= 11 is 1.63. The van der Waals surface area contributed by atoms with E-state index < -0.39 is 0 Å². The highest BCUT2D eigenvalue weighted by Crippen LogP contribution is 2.23. The molecular weight excluding hydrogens is 300 g/mol. The van der Waals surface area contributed by atoms with Crippen LogP contribution in [0.1, 0.15) is 36.4 Å². The van der Waals surface area contributed by atoms with Crippen molar-refractivity contribution in [1.29, 1.82) is 0 Å². The molecule has 2 aliphatic rings. The Kier molecular flexibility index (Phi) is 4.87. The van der Waals surface area contributed by atoms with E-state index in [1.165, 1.54) is 28.8 Å². The largest absolute Gasteiger partial charge is 0.147 e. The van der Waals surface area contributed by atoms with Gasteiger partial charge in [0.25, 0.3) is 0 Å². The molecular formula is C20H22N2S. The zero-order chi connectivity index (χ0) is 16.2. The summed E-state index contributed by atoms with van der Waals surface area (Å²) in [4.78, 5) is 0. The van der Waals surface area contributed by atoms with Gasteiger partial charge in [0.1, 0.15) is 10.0 Å². The minimum atomic E-state index is 1.00. The maximum atomic E-state index is 4.11. The minimum Gasteiger partial charge on any atom is -0.143 e. The molecule has 118 valence electrons. The van der Waals surface area contributed by atoms with Crippen LogP contribution in [0, 0.1) is 17.4 Å². The van der Waals surface area contributed by atoms with Crippen LogP contribution in [0.5, 0.6) is 0 Å². The third kappa shape index (κ3) is 3.50. The van der Waals surface area contributed by atoms with Crippen molar-refractivity contribution in [3.63, 3.8) is 0 Å². The molecule has 4 rings (SSSR count). The molecule has 0 saturated heterocycles. The fourth-order valence-electron chi connectivity index (χ4n) is 2.64. The second-order valence-electron chi connectivity index (χ2n) is 5.80. The molecule has 2 aliphatic carbocycles. The fraction of sp³-hybridized carbons (Fsp3) is 0.300. The van der Waals surface area contributed by atoms with Gasteiger partial charge in [0.2, 0.25) is 0 Å². The molecule has 0 unspecified atom stereocenters. The Morgan fingerprint density at radius 3 is 2.17 bits per heavy atom. The third-order valence-corrected chi connectivity index (χ3v) is 4.96. The maximum absolute atomic E-state index is 4.11. The van der Waals surface area contributed by atoms with Gasteiger partial charge in [-0.1, -0.05) is 74.1 Å². The number of hydrogen-bond acceptors (Lipinski definition) is 3. The normalized spacial score (nSPS) is 10.9. The number of hydrogen-bond donors (Lipinski definition) is 0. The van der Waals surface area contributed by atoms with E-state index in [2.05, 4.69) is 66.5 Å². The van der Waals surface area contributed by atoms with Crippen molar-refractivity contribution in [1.82, 2.24) is 10.2 Å². The van der Waals surface area contributed by atoms with Gasteiger partial charge in [-0.25, -0.2) is 0 Å². The second-order valence-corrected chi connectivity index (χ2v) is 6.98. The van der Waals surface area contributed by atoms with Crippen LogP contribution in [0.2, 0.25) is 0 Å². The zero-order valence-corrected chi connectivity index (χ0v) is 14.8. The fourth-order valence-corrected chi connectivity index (χ4v) is 3.34. The van der Waals surface area contributed by atoms with Crippen molar-refractivity contribution in [2.75, 3.05) is 0 Å². The number of rotatable bonds is 4. The topological polar surface area (TPSA) is 25.8 Å². The summed E-state index contributed by atoms with van der Waals surface area (Å²) in [7, 11) is 0. The van der Waals surface area contributed by atoms with Crippen molar-refractivity contribution < 1.29 is 0 Å². The number of benzene rings is 2.